The van der Waals surface area contributed by atoms with E-state index in [2.05, 4.69) is 20.9 Å². The van der Waals surface area contributed by atoms with Crippen LogP contribution in [0.3, 0.4) is 0 Å². The van der Waals surface area contributed by atoms with Gasteiger partial charge >= 0.3 is 0 Å². The molecular weight excluding hydrogens is 283 g/mol. The average Bonchev–Trinajstić information content (AvgIpc) is 2.32. The standard InChI is InChI=1S/C13H12BrFN2/c1-8-4-9(2-3-12(8)14)13(16)10-5-11(15)7-17-6-10/h2-7,13H,16H2,1H3. The molecule has 1 unspecified atom stereocenters. The van der Waals surface area contributed by atoms with Crippen LogP contribution in [0, 0.1) is 12.7 Å². The molecule has 1 heterocycles. The minimum atomic E-state index is -0.369. The molecular formula is C13H12BrFN2. The first-order chi connectivity index (χ1) is 8.08. The highest BCUT2D eigenvalue weighted by Gasteiger charge is 2.11. The third-order valence-corrected chi connectivity index (χ3v) is 3.52. The first-order valence-corrected chi connectivity index (χ1v) is 5.99. The van der Waals surface area contributed by atoms with E-state index in [9.17, 15) is 4.39 Å². The Hall–Kier alpha value is -1.26. The third-order valence-electron chi connectivity index (χ3n) is 2.63. The SMILES string of the molecule is Cc1cc(C(N)c2cncc(F)c2)ccc1Br. The van der Waals surface area contributed by atoms with Crippen molar-refractivity contribution in [3.8, 4) is 0 Å². The number of rotatable bonds is 2. The molecule has 0 aliphatic carbocycles. The maximum Gasteiger partial charge on any atom is 0.141 e. The molecule has 4 heteroatoms. The van der Waals surface area contributed by atoms with E-state index in [1.807, 2.05) is 25.1 Å². The maximum atomic E-state index is 13.1. The van der Waals surface area contributed by atoms with Crippen LogP contribution in [0.5, 0.6) is 0 Å². The molecule has 0 aliphatic rings. The van der Waals surface area contributed by atoms with E-state index in [0.717, 1.165) is 15.6 Å². The normalized spacial score (nSPS) is 12.5. The van der Waals surface area contributed by atoms with Crippen molar-refractivity contribution in [3.63, 3.8) is 0 Å². The molecule has 0 bridgehead atoms. The summed E-state index contributed by atoms with van der Waals surface area (Å²) in [7, 11) is 0. The van der Waals surface area contributed by atoms with E-state index in [4.69, 9.17) is 5.73 Å². The van der Waals surface area contributed by atoms with Gasteiger partial charge in [-0.1, -0.05) is 28.1 Å². The van der Waals surface area contributed by atoms with Crippen molar-refractivity contribution < 1.29 is 4.39 Å². The quantitative estimate of drug-likeness (QED) is 0.923. The van der Waals surface area contributed by atoms with Crippen LogP contribution in [0.15, 0.2) is 41.1 Å². The van der Waals surface area contributed by atoms with Crippen molar-refractivity contribution in [2.75, 3.05) is 0 Å². The summed E-state index contributed by atoms with van der Waals surface area (Å²) >= 11 is 3.43. The van der Waals surface area contributed by atoms with E-state index >= 15 is 0 Å². The number of pyridine rings is 1. The zero-order valence-electron chi connectivity index (χ0n) is 9.32. The van der Waals surface area contributed by atoms with Gasteiger partial charge in [-0.15, -0.1) is 0 Å². The lowest BCUT2D eigenvalue weighted by Gasteiger charge is -2.13. The number of nitrogens with zero attached hydrogens (tertiary/aromatic N) is 1. The van der Waals surface area contributed by atoms with Crippen molar-refractivity contribution in [1.29, 1.82) is 0 Å². The number of hydrogen-bond acceptors (Lipinski definition) is 2. The summed E-state index contributed by atoms with van der Waals surface area (Å²) in [4.78, 5) is 3.81. The second-order valence-electron chi connectivity index (χ2n) is 3.92. The third kappa shape index (κ3) is 2.70. The lowest BCUT2D eigenvalue weighted by Crippen LogP contribution is -2.12. The smallest absolute Gasteiger partial charge is 0.141 e. The Bertz CT molecular complexity index is 543. The molecule has 0 aliphatic heterocycles. The van der Waals surface area contributed by atoms with Crippen LogP contribution < -0.4 is 5.73 Å². The lowest BCUT2D eigenvalue weighted by molar-refractivity contribution is 0.616. The van der Waals surface area contributed by atoms with Gasteiger partial charge in [0.1, 0.15) is 5.82 Å². The highest BCUT2D eigenvalue weighted by molar-refractivity contribution is 9.10. The number of benzene rings is 1. The fourth-order valence-corrected chi connectivity index (χ4v) is 1.90. The molecule has 0 saturated carbocycles. The minimum absolute atomic E-state index is 0.356. The molecule has 0 fully saturated rings. The Morgan fingerprint density at radius 2 is 2.00 bits per heavy atom. The highest BCUT2D eigenvalue weighted by atomic mass is 79.9. The van der Waals surface area contributed by atoms with Crippen molar-refractivity contribution in [2.45, 2.75) is 13.0 Å². The number of aromatic nitrogens is 1. The predicted octanol–water partition coefficient (Wildman–Crippen LogP) is 3.34. The molecule has 17 heavy (non-hydrogen) atoms. The monoisotopic (exact) mass is 294 g/mol. The van der Waals surface area contributed by atoms with Crippen molar-refractivity contribution >= 4 is 15.9 Å². The largest absolute Gasteiger partial charge is 0.320 e. The van der Waals surface area contributed by atoms with E-state index in [1.54, 1.807) is 6.20 Å². The van der Waals surface area contributed by atoms with Gasteiger partial charge in [0, 0.05) is 10.7 Å². The molecule has 2 aromatic rings. The topological polar surface area (TPSA) is 38.9 Å². The first-order valence-electron chi connectivity index (χ1n) is 5.20. The summed E-state index contributed by atoms with van der Waals surface area (Å²) in [5, 5.41) is 0. The molecule has 1 aromatic heterocycles. The molecule has 1 aromatic carbocycles. The minimum Gasteiger partial charge on any atom is -0.320 e. The number of aryl methyl sites for hydroxylation is 1. The molecule has 0 saturated heterocycles. The summed E-state index contributed by atoms with van der Waals surface area (Å²) in [5.41, 5.74) is 8.80. The first kappa shape index (κ1) is 12.2. The van der Waals surface area contributed by atoms with E-state index in [-0.39, 0.29) is 11.9 Å². The summed E-state index contributed by atoms with van der Waals surface area (Å²) in [6.07, 6.45) is 2.76. The Kier molecular flexibility index (Phi) is 3.54. The summed E-state index contributed by atoms with van der Waals surface area (Å²) < 4.78 is 14.1. The summed E-state index contributed by atoms with van der Waals surface area (Å²) in [5.74, 6) is -0.369. The highest BCUT2D eigenvalue weighted by Crippen LogP contribution is 2.24. The molecule has 1 atom stereocenters. The molecule has 2 rings (SSSR count). The van der Waals surface area contributed by atoms with E-state index in [0.29, 0.717) is 5.56 Å². The zero-order chi connectivity index (χ0) is 12.4. The van der Waals surface area contributed by atoms with Gasteiger partial charge in [0.15, 0.2) is 0 Å². The molecule has 0 spiro atoms. The molecule has 2 nitrogen and oxygen atoms in total. The molecule has 0 amide bonds. The maximum absolute atomic E-state index is 13.1. The van der Waals surface area contributed by atoms with Gasteiger partial charge in [-0.25, -0.2) is 4.39 Å². The van der Waals surface area contributed by atoms with Gasteiger partial charge in [0.2, 0.25) is 0 Å². The van der Waals surface area contributed by atoms with E-state index < -0.39 is 0 Å². The van der Waals surface area contributed by atoms with E-state index in [1.165, 1.54) is 12.3 Å². The summed E-state index contributed by atoms with van der Waals surface area (Å²) in [6, 6.07) is 6.91. The second-order valence-corrected chi connectivity index (χ2v) is 4.78. The van der Waals surface area contributed by atoms with Crippen LogP contribution >= 0.6 is 15.9 Å². The average molecular weight is 295 g/mol. The van der Waals surface area contributed by atoms with Gasteiger partial charge in [-0.05, 0) is 35.7 Å². The molecule has 0 radical (unpaired) electrons. The molecule has 2 N–H and O–H groups in total. The number of nitrogens with two attached hydrogens (primary N) is 1. The van der Waals surface area contributed by atoms with Gasteiger partial charge in [0.05, 0.1) is 12.2 Å². The van der Waals surface area contributed by atoms with Crippen molar-refractivity contribution in [1.82, 2.24) is 4.98 Å². The predicted molar refractivity (Wildman–Crippen MR) is 69.1 cm³/mol. The fourth-order valence-electron chi connectivity index (χ4n) is 1.65. The Morgan fingerprint density at radius 3 is 2.65 bits per heavy atom. The van der Waals surface area contributed by atoms with Gasteiger partial charge in [-0.2, -0.15) is 0 Å². The van der Waals surface area contributed by atoms with Crippen LogP contribution in [0.4, 0.5) is 4.39 Å². The summed E-state index contributed by atoms with van der Waals surface area (Å²) in [6.45, 7) is 1.99. The Labute approximate surface area is 108 Å². The van der Waals surface area contributed by atoms with Gasteiger partial charge < -0.3 is 5.73 Å². The van der Waals surface area contributed by atoms with Gasteiger partial charge in [0.25, 0.3) is 0 Å². The Balaban J connectivity index is 2.36. The van der Waals surface area contributed by atoms with Crippen LogP contribution in [0.25, 0.3) is 0 Å². The van der Waals surface area contributed by atoms with Crippen LogP contribution in [0.1, 0.15) is 22.7 Å². The number of halogens is 2. The van der Waals surface area contributed by atoms with Crippen LogP contribution in [-0.4, -0.2) is 4.98 Å². The Morgan fingerprint density at radius 1 is 1.24 bits per heavy atom. The lowest BCUT2D eigenvalue weighted by atomic mass is 9.99. The van der Waals surface area contributed by atoms with Gasteiger partial charge in [-0.3, -0.25) is 4.98 Å². The molecule has 88 valence electrons. The van der Waals surface area contributed by atoms with Crippen LogP contribution in [-0.2, 0) is 0 Å². The zero-order valence-corrected chi connectivity index (χ0v) is 10.9. The van der Waals surface area contributed by atoms with Crippen molar-refractivity contribution in [2.24, 2.45) is 5.73 Å². The number of hydrogen-bond donors (Lipinski definition) is 1. The van der Waals surface area contributed by atoms with Crippen LogP contribution in [0.2, 0.25) is 0 Å². The fraction of sp³-hybridized carbons (Fsp3) is 0.154. The van der Waals surface area contributed by atoms with Crippen molar-refractivity contribution in [3.05, 3.63) is 63.6 Å². The second kappa shape index (κ2) is 4.94.